The van der Waals surface area contributed by atoms with Crippen molar-refractivity contribution in [1.29, 1.82) is 0 Å². The number of hydrogen-bond donors (Lipinski definition) is 1. The van der Waals surface area contributed by atoms with E-state index in [9.17, 15) is 14.9 Å². The van der Waals surface area contributed by atoms with E-state index in [0.717, 1.165) is 0 Å². The van der Waals surface area contributed by atoms with Crippen LogP contribution in [0.25, 0.3) is 22.5 Å². The molecule has 3 rings (SSSR count). The van der Waals surface area contributed by atoms with Crippen LogP contribution in [0.15, 0.2) is 27.7 Å². The first-order valence-electron chi connectivity index (χ1n) is 5.23. The van der Waals surface area contributed by atoms with Crippen molar-refractivity contribution in [1.82, 2.24) is 19.7 Å². The van der Waals surface area contributed by atoms with Crippen LogP contribution in [-0.2, 0) is 7.05 Å². The predicted molar refractivity (Wildman–Crippen MR) is 63.5 cm³/mol. The molecule has 0 aromatic carbocycles. The second-order valence-corrected chi connectivity index (χ2v) is 3.80. The maximum atomic E-state index is 11.8. The second-order valence-electron chi connectivity index (χ2n) is 3.80. The highest BCUT2D eigenvalue weighted by atomic mass is 16.6. The molecule has 9 nitrogen and oxygen atoms in total. The number of nitrogens with zero attached hydrogens (tertiary/aromatic N) is 4. The summed E-state index contributed by atoms with van der Waals surface area (Å²) in [5.41, 5.74) is 0.213. The van der Waals surface area contributed by atoms with Gasteiger partial charge in [0, 0.05) is 7.05 Å². The quantitative estimate of drug-likeness (QED) is 0.538. The zero-order chi connectivity index (χ0) is 13.6. The molecule has 3 heterocycles. The zero-order valence-corrected chi connectivity index (χ0v) is 9.65. The number of hydrogen-bond acceptors (Lipinski definition) is 6. The van der Waals surface area contributed by atoms with E-state index in [1.54, 1.807) is 7.05 Å². The zero-order valence-electron chi connectivity index (χ0n) is 9.65. The first kappa shape index (κ1) is 11.1. The molecule has 0 radical (unpaired) electrons. The Morgan fingerprint density at radius 2 is 2.26 bits per heavy atom. The molecule has 0 spiro atoms. The van der Waals surface area contributed by atoms with E-state index in [4.69, 9.17) is 4.42 Å². The summed E-state index contributed by atoms with van der Waals surface area (Å²) >= 11 is 0. The van der Waals surface area contributed by atoms with Gasteiger partial charge in [-0.15, -0.1) is 0 Å². The lowest BCUT2D eigenvalue weighted by molar-refractivity contribution is -0.401. The molecular formula is C10H7N5O4. The Morgan fingerprint density at radius 1 is 1.47 bits per heavy atom. The van der Waals surface area contributed by atoms with E-state index >= 15 is 0 Å². The van der Waals surface area contributed by atoms with Crippen LogP contribution in [0.5, 0.6) is 0 Å². The summed E-state index contributed by atoms with van der Waals surface area (Å²) in [5, 5.41) is 14.9. The third-order valence-electron chi connectivity index (χ3n) is 2.63. The van der Waals surface area contributed by atoms with Crippen molar-refractivity contribution in [2.24, 2.45) is 7.05 Å². The standard InChI is InChI=1S/C10H7N5O4/c1-14-9-7(10(16)12-4-11-9)8(13-14)5-2-3-6(19-5)15(17)18/h2-4H,1H3,(H,11,12,16). The van der Waals surface area contributed by atoms with Gasteiger partial charge in [-0.2, -0.15) is 5.10 Å². The van der Waals surface area contributed by atoms with Gasteiger partial charge in [0.05, 0.1) is 12.4 Å². The fraction of sp³-hybridized carbons (Fsp3) is 0.100. The topological polar surface area (TPSA) is 120 Å². The van der Waals surface area contributed by atoms with Crippen molar-refractivity contribution < 1.29 is 9.34 Å². The molecule has 3 aromatic heterocycles. The molecule has 19 heavy (non-hydrogen) atoms. The summed E-state index contributed by atoms with van der Waals surface area (Å²) in [6, 6.07) is 2.60. The SMILES string of the molecule is Cn1nc(-c2ccc([N+](=O)[O-])o2)c2c(=O)[nH]cnc21. The van der Waals surface area contributed by atoms with Crippen LogP contribution in [0.1, 0.15) is 0 Å². The fourth-order valence-corrected chi connectivity index (χ4v) is 1.82. The molecule has 0 fully saturated rings. The number of aryl methyl sites for hydroxylation is 1. The van der Waals surface area contributed by atoms with Crippen molar-refractivity contribution in [3.8, 4) is 11.5 Å². The number of furan rings is 1. The highest BCUT2D eigenvalue weighted by Crippen LogP contribution is 2.28. The minimum Gasteiger partial charge on any atom is -0.399 e. The Morgan fingerprint density at radius 3 is 2.95 bits per heavy atom. The molecule has 0 aliphatic rings. The van der Waals surface area contributed by atoms with Gasteiger partial charge in [-0.25, -0.2) is 9.67 Å². The van der Waals surface area contributed by atoms with Crippen LogP contribution in [-0.4, -0.2) is 24.7 Å². The van der Waals surface area contributed by atoms with E-state index in [1.807, 2.05) is 0 Å². The Balaban J connectivity index is 2.30. The second kappa shape index (κ2) is 3.77. The predicted octanol–water partition coefficient (Wildman–Crippen LogP) is 0.825. The summed E-state index contributed by atoms with van der Waals surface area (Å²) in [7, 11) is 1.62. The molecule has 0 saturated carbocycles. The van der Waals surface area contributed by atoms with Gasteiger partial charge in [0.15, 0.2) is 11.4 Å². The van der Waals surface area contributed by atoms with E-state index in [2.05, 4.69) is 15.1 Å². The fourth-order valence-electron chi connectivity index (χ4n) is 1.82. The van der Waals surface area contributed by atoms with Crippen molar-refractivity contribution in [3.63, 3.8) is 0 Å². The van der Waals surface area contributed by atoms with Crippen molar-refractivity contribution in [2.75, 3.05) is 0 Å². The van der Waals surface area contributed by atoms with Crippen LogP contribution in [0.4, 0.5) is 5.88 Å². The van der Waals surface area contributed by atoms with Crippen molar-refractivity contribution in [2.45, 2.75) is 0 Å². The molecule has 0 amide bonds. The van der Waals surface area contributed by atoms with Gasteiger partial charge in [-0.1, -0.05) is 0 Å². The first-order valence-corrected chi connectivity index (χ1v) is 5.23. The molecule has 9 heteroatoms. The molecular weight excluding hydrogens is 254 g/mol. The number of nitrogens with one attached hydrogen (secondary N) is 1. The molecule has 1 N–H and O–H groups in total. The summed E-state index contributed by atoms with van der Waals surface area (Å²) < 4.78 is 6.46. The van der Waals surface area contributed by atoms with Crippen molar-refractivity contribution >= 4 is 16.9 Å². The summed E-state index contributed by atoms with van der Waals surface area (Å²) in [4.78, 5) is 28.2. The number of rotatable bonds is 2. The van der Waals surface area contributed by atoms with Crippen molar-refractivity contribution in [3.05, 3.63) is 38.9 Å². The lowest BCUT2D eigenvalue weighted by atomic mass is 10.2. The molecule has 0 bridgehead atoms. The van der Waals surface area contributed by atoms with Gasteiger partial charge in [0.25, 0.3) is 5.56 Å². The largest absolute Gasteiger partial charge is 0.433 e. The normalized spacial score (nSPS) is 11.0. The minimum absolute atomic E-state index is 0.149. The summed E-state index contributed by atoms with van der Waals surface area (Å²) in [6.07, 6.45) is 1.26. The number of aromatic amines is 1. The van der Waals surface area contributed by atoms with Crippen LogP contribution in [0, 0.1) is 10.1 Å². The molecule has 0 unspecified atom stereocenters. The lowest BCUT2D eigenvalue weighted by Gasteiger charge is -1.90. The summed E-state index contributed by atoms with van der Waals surface area (Å²) in [6.45, 7) is 0. The number of aromatic nitrogens is 4. The average Bonchev–Trinajstić information content (AvgIpc) is 2.95. The van der Waals surface area contributed by atoms with Crippen LogP contribution < -0.4 is 5.56 Å². The molecule has 96 valence electrons. The number of H-pyrrole nitrogens is 1. The number of nitro groups is 1. The first-order chi connectivity index (χ1) is 9.08. The van der Waals surface area contributed by atoms with Crippen LogP contribution in [0.3, 0.4) is 0 Å². The van der Waals surface area contributed by atoms with Gasteiger partial charge in [-0.05, 0) is 6.07 Å². The molecule has 0 aliphatic heterocycles. The van der Waals surface area contributed by atoms with E-state index in [-0.39, 0.29) is 22.4 Å². The Hall–Kier alpha value is -2.97. The Labute approximate surface area is 104 Å². The molecule has 3 aromatic rings. The van der Waals surface area contributed by atoms with Gasteiger partial charge in [-0.3, -0.25) is 14.9 Å². The molecule has 0 aliphatic carbocycles. The minimum atomic E-state index is -0.656. The number of fused-ring (bicyclic) bond motifs is 1. The third-order valence-corrected chi connectivity index (χ3v) is 2.63. The maximum absolute atomic E-state index is 11.8. The maximum Gasteiger partial charge on any atom is 0.433 e. The van der Waals surface area contributed by atoms with E-state index in [1.165, 1.54) is 23.1 Å². The van der Waals surface area contributed by atoms with Crippen LogP contribution >= 0.6 is 0 Å². The average molecular weight is 261 g/mol. The molecule has 0 saturated heterocycles. The van der Waals surface area contributed by atoms with Gasteiger partial charge < -0.3 is 9.40 Å². The Bertz CT molecular complexity index is 843. The third kappa shape index (κ3) is 1.59. The van der Waals surface area contributed by atoms with E-state index in [0.29, 0.717) is 5.65 Å². The van der Waals surface area contributed by atoms with Crippen LogP contribution in [0.2, 0.25) is 0 Å². The lowest BCUT2D eigenvalue weighted by Crippen LogP contribution is -2.06. The smallest absolute Gasteiger partial charge is 0.399 e. The van der Waals surface area contributed by atoms with Gasteiger partial charge in [0.2, 0.25) is 0 Å². The monoisotopic (exact) mass is 261 g/mol. The van der Waals surface area contributed by atoms with Gasteiger partial charge in [0.1, 0.15) is 16.0 Å². The van der Waals surface area contributed by atoms with E-state index < -0.39 is 10.8 Å². The molecule has 0 atom stereocenters. The van der Waals surface area contributed by atoms with Gasteiger partial charge >= 0.3 is 5.88 Å². The Kier molecular flexibility index (Phi) is 2.21. The summed E-state index contributed by atoms with van der Waals surface area (Å²) in [5.74, 6) is -0.259. The highest BCUT2D eigenvalue weighted by molar-refractivity contribution is 5.88. The highest BCUT2D eigenvalue weighted by Gasteiger charge is 2.20.